The number of carbonyl (C=O) groups excluding carboxylic acids is 1. The number of nitrogens with one attached hydrogen (secondary N) is 1. The molecule has 19 heavy (non-hydrogen) atoms. The van der Waals surface area contributed by atoms with Gasteiger partial charge in [-0.3, -0.25) is 14.6 Å². The molecule has 0 saturated heterocycles. The van der Waals surface area contributed by atoms with Crippen molar-refractivity contribution in [2.24, 2.45) is 0 Å². The molecule has 0 aromatic carbocycles. The maximum atomic E-state index is 11.6. The molecule has 6 N–H and O–H groups in total. The maximum absolute atomic E-state index is 11.6. The fourth-order valence-electron chi connectivity index (χ4n) is 1.17. The summed E-state index contributed by atoms with van der Waals surface area (Å²) in [6, 6.07) is -0.459. The molecule has 0 bridgehead atoms. The predicted molar refractivity (Wildman–Crippen MR) is 60.7 cm³/mol. The number of carboxylic acids is 2. The van der Waals surface area contributed by atoms with E-state index >= 15 is 0 Å². The number of pyridine rings is 1. The van der Waals surface area contributed by atoms with Crippen LogP contribution in [0.3, 0.4) is 0 Å². The SMILES string of the molecule is O.O=C(O)CC(NC(=O)c1cncc(O)c1)C(=O)O. The summed E-state index contributed by atoms with van der Waals surface area (Å²) in [5.41, 5.74) is -0.0633. The van der Waals surface area contributed by atoms with Gasteiger partial charge in [-0.05, 0) is 6.07 Å². The van der Waals surface area contributed by atoms with E-state index in [1.54, 1.807) is 0 Å². The normalized spacial score (nSPS) is 10.9. The third-order valence-corrected chi connectivity index (χ3v) is 1.97. The molecular weight excluding hydrogens is 260 g/mol. The zero-order chi connectivity index (χ0) is 13.7. The van der Waals surface area contributed by atoms with E-state index < -0.39 is 30.3 Å². The highest BCUT2D eigenvalue weighted by molar-refractivity contribution is 5.97. The van der Waals surface area contributed by atoms with Gasteiger partial charge in [0.1, 0.15) is 11.8 Å². The van der Waals surface area contributed by atoms with Gasteiger partial charge < -0.3 is 26.1 Å². The molecule has 1 unspecified atom stereocenters. The second kappa shape index (κ2) is 6.91. The minimum Gasteiger partial charge on any atom is -0.506 e. The van der Waals surface area contributed by atoms with E-state index in [9.17, 15) is 14.4 Å². The maximum Gasteiger partial charge on any atom is 0.326 e. The molecule has 1 rings (SSSR count). The fraction of sp³-hybridized carbons (Fsp3) is 0.200. The molecule has 0 saturated carbocycles. The molecule has 1 atom stereocenters. The van der Waals surface area contributed by atoms with Crippen molar-refractivity contribution in [3.63, 3.8) is 0 Å². The predicted octanol–water partition coefficient (Wildman–Crippen LogP) is -1.38. The number of carbonyl (C=O) groups is 3. The molecule has 9 nitrogen and oxygen atoms in total. The number of aromatic hydroxyl groups is 1. The molecule has 1 aromatic rings. The lowest BCUT2D eigenvalue weighted by molar-refractivity contribution is -0.145. The zero-order valence-corrected chi connectivity index (χ0v) is 9.53. The molecular formula is C10H12N2O7. The fourth-order valence-corrected chi connectivity index (χ4v) is 1.17. The molecule has 9 heteroatoms. The zero-order valence-electron chi connectivity index (χ0n) is 9.53. The van der Waals surface area contributed by atoms with Gasteiger partial charge in [0.15, 0.2) is 0 Å². The molecule has 0 fully saturated rings. The van der Waals surface area contributed by atoms with Gasteiger partial charge in [-0.2, -0.15) is 0 Å². The van der Waals surface area contributed by atoms with E-state index in [1.807, 2.05) is 5.32 Å². The molecule has 0 aliphatic carbocycles. The molecule has 0 spiro atoms. The Balaban J connectivity index is 0.00000324. The Hall–Kier alpha value is -2.68. The van der Waals surface area contributed by atoms with Crippen molar-refractivity contribution >= 4 is 17.8 Å². The Kier molecular flexibility index (Phi) is 5.94. The van der Waals surface area contributed by atoms with Crippen molar-refractivity contribution in [1.82, 2.24) is 10.3 Å². The van der Waals surface area contributed by atoms with Gasteiger partial charge >= 0.3 is 11.9 Å². The summed E-state index contributed by atoms with van der Waals surface area (Å²) < 4.78 is 0. The highest BCUT2D eigenvalue weighted by Gasteiger charge is 2.23. The van der Waals surface area contributed by atoms with E-state index in [1.165, 1.54) is 0 Å². The van der Waals surface area contributed by atoms with Crippen molar-refractivity contribution in [2.75, 3.05) is 0 Å². The van der Waals surface area contributed by atoms with Crippen molar-refractivity contribution in [1.29, 1.82) is 0 Å². The summed E-state index contributed by atoms with van der Waals surface area (Å²) in [7, 11) is 0. The summed E-state index contributed by atoms with van der Waals surface area (Å²) in [5, 5.41) is 28.3. The first-order valence-corrected chi connectivity index (χ1v) is 4.79. The molecule has 0 radical (unpaired) electrons. The number of amides is 1. The Morgan fingerprint density at radius 2 is 1.89 bits per heavy atom. The Labute approximate surface area is 106 Å². The standard InChI is InChI=1S/C10H10N2O6.H2O/c13-6-1-5(3-11-4-6)9(16)12-7(10(17)18)2-8(14)15;/h1,3-4,7,13H,2H2,(H,12,16)(H,14,15)(H,17,18);1H2. The van der Waals surface area contributed by atoms with Crippen molar-refractivity contribution < 1.29 is 35.2 Å². The van der Waals surface area contributed by atoms with Crippen LogP contribution in [0.15, 0.2) is 18.5 Å². The lowest BCUT2D eigenvalue weighted by Gasteiger charge is -2.12. The monoisotopic (exact) mass is 272 g/mol. The lowest BCUT2D eigenvalue weighted by atomic mass is 10.2. The van der Waals surface area contributed by atoms with E-state index in [-0.39, 0.29) is 16.8 Å². The van der Waals surface area contributed by atoms with Gasteiger partial charge in [0.05, 0.1) is 18.2 Å². The van der Waals surface area contributed by atoms with Gasteiger partial charge in [-0.1, -0.05) is 0 Å². The molecule has 1 heterocycles. The molecule has 1 amide bonds. The van der Waals surface area contributed by atoms with E-state index in [0.29, 0.717) is 0 Å². The summed E-state index contributed by atoms with van der Waals surface area (Å²) in [6.07, 6.45) is 1.48. The van der Waals surface area contributed by atoms with Crippen molar-refractivity contribution in [2.45, 2.75) is 12.5 Å². The van der Waals surface area contributed by atoms with Crippen LogP contribution in [0, 0.1) is 0 Å². The van der Waals surface area contributed by atoms with Crippen LogP contribution in [0.1, 0.15) is 16.8 Å². The molecule has 1 aromatic heterocycles. The van der Waals surface area contributed by atoms with E-state index in [2.05, 4.69) is 4.98 Å². The summed E-state index contributed by atoms with van der Waals surface area (Å²) in [4.78, 5) is 36.3. The number of carboxylic acid groups (broad SMARTS) is 2. The van der Waals surface area contributed by atoms with Gasteiger partial charge in [0.25, 0.3) is 5.91 Å². The third kappa shape index (κ3) is 5.00. The van der Waals surface area contributed by atoms with Gasteiger partial charge in [0, 0.05) is 6.20 Å². The number of rotatable bonds is 5. The van der Waals surface area contributed by atoms with Crippen molar-refractivity contribution in [3.8, 4) is 5.75 Å². The van der Waals surface area contributed by atoms with Crippen LogP contribution in [0.4, 0.5) is 0 Å². The topological polar surface area (TPSA) is 168 Å². The number of hydrogen-bond acceptors (Lipinski definition) is 5. The summed E-state index contributed by atoms with van der Waals surface area (Å²) >= 11 is 0. The largest absolute Gasteiger partial charge is 0.506 e. The average Bonchev–Trinajstić information content (AvgIpc) is 2.27. The lowest BCUT2D eigenvalue weighted by Crippen LogP contribution is -2.42. The molecule has 0 aliphatic heterocycles. The third-order valence-electron chi connectivity index (χ3n) is 1.97. The first kappa shape index (κ1) is 16.3. The number of hydrogen-bond donors (Lipinski definition) is 4. The number of aromatic nitrogens is 1. The molecule has 104 valence electrons. The second-order valence-electron chi connectivity index (χ2n) is 3.39. The summed E-state index contributed by atoms with van der Waals surface area (Å²) in [6.45, 7) is 0. The first-order chi connectivity index (χ1) is 8.40. The minimum absolute atomic E-state index is 0. The Morgan fingerprint density at radius 1 is 1.26 bits per heavy atom. The van der Waals surface area contributed by atoms with Gasteiger partial charge in [-0.25, -0.2) is 4.79 Å². The van der Waals surface area contributed by atoms with Crippen LogP contribution < -0.4 is 5.32 Å². The highest BCUT2D eigenvalue weighted by Crippen LogP contribution is 2.08. The van der Waals surface area contributed by atoms with Crippen molar-refractivity contribution in [3.05, 3.63) is 24.0 Å². The van der Waals surface area contributed by atoms with Gasteiger partial charge in [-0.15, -0.1) is 0 Å². The number of aliphatic carboxylic acids is 2. The first-order valence-electron chi connectivity index (χ1n) is 4.79. The van der Waals surface area contributed by atoms with Crippen LogP contribution in [0.5, 0.6) is 5.75 Å². The average molecular weight is 272 g/mol. The van der Waals surface area contributed by atoms with Crippen LogP contribution in [0.25, 0.3) is 0 Å². The minimum atomic E-state index is -1.54. The van der Waals surface area contributed by atoms with Gasteiger partial charge in [0.2, 0.25) is 0 Å². The summed E-state index contributed by atoms with van der Waals surface area (Å²) in [5.74, 6) is -3.89. The van der Waals surface area contributed by atoms with Crippen LogP contribution in [-0.4, -0.2) is 49.7 Å². The smallest absolute Gasteiger partial charge is 0.326 e. The van der Waals surface area contributed by atoms with Crippen LogP contribution in [0.2, 0.25) is 0 Å². The van der Waals surface area contributed by atoms with E-state index in [4.69, 9.17) is 15.3 Å². The Morgan fingerprint density at radius 3 is 2.37 bits per heavy atom. The van der Waals surface area contributed by atoms with E-state index in [0.717, 1.165) is 18.5 Å². The van der Waals surface area contributed by atoms with Crippen LogP contribution >= 0.6 is 0 Å². The second-order valence-corrected chi connectivity index (χ2v) is 3.39. The highest BCUT2D eigenvalue weighted by atomic mass is 16.4. The molecule has 0 aliphatic rings. The Bertz CT molecular complexity index is 489. The number of nitrogens with zero attached hydrogens (tertiary/aromatic N) is 1. The van der Waals surface area contributed by atoms with Crippen LogP contribution in [-0.2, 0) is 9.59 Å². The quantitative estimate of drug-likeness (QED) is 0.511.